The van der Waals surface area contributed by atoms with Gasteiger partial charge in [-0.05, 0) is 47.7 Å². The Kier molecular flexibility index (Phi) is 6.85. The number of nitrogens with one attached hydrogen (secondary N) is 2. The Morgan fingerprint density at radius 1 is 1.07 bits per heavy atom. The van der Waals surface area contributed by atoms with Crippen molar-refractivity contribution in [2.75, 3.05) is 24.3 Å². The molecule has 0 unspecified atom stereocenters. The van der Waals surface area contributed by atoms with E-state index >= 15 is 0 Å². The van der Waals surface area contributed by atoms with E-state index in [4.69, 9.17) is 4.74 Å². The molecule has 0 radical (unpaired) electrons. The van der Waals surface area contributed by atoms with Gasteiger partial charge < -0.3 is 15.4 Å². The summed E-state index contributed by atoms with van der Waals surface area (Å²) in [5.74, 6) is 1.01. The van der Waals surface area contributed by atoms with Crippen LogP contribution in [0.2, 0.25) is 0 Å². The van der Waals surface area contributed by atoms with E-state index in [9.17, 15) is 4.79 Å². The molecular weight excluding hydrogens is 362 g/mol. The molecule has 0 spiro atoms. The fraction of sp³-hybridized carbons (Fsp3) is 0.250. The number of hydrogen-bond acceptors (Lipinski definition) is 4. The number of methoxy groups -OCH3 is 1. The molecule has 1 heterocycles. The zero-order chi connectivity index (χ0) is 20.6. The maximum absolute atomic E-state index is 12.7. The number of rotatable bonds is 8. The third-order valence-corrected chi connectivity index (χ3v) is 4.71. The summed E-state index contributed by atoms with van der Waals surface area (Å²) < 4.78 is 5.26. The summed E-state index contributed by atoms with van der Waals surface area (Å²) in [4.78, 5) is 16.9. The van der Waals surface area contributed by atoms with E-state index in [2.05, 4.69) is 35.5 Å². The van der Waals surface area contributed by atoms with Gasteiger partial charge in [-0.3, -0.25) is 9.78 Å². The molecule has 0 saturated heterocycles. The van der Waals surface area contributed by atoms with Crippen molar-refractivity contribution in [1.29, 1.82) is 0 Å². The van der Waals surface area contributed by atoms with Crippen LogP contribution >= 0.6 is 0 Å². The van der Waals surface area contributed by atoms with Crippen LogP contribution in [0, 0.1) is 0 Å². The molecule has 5 nitrogen and oxygen atoms in total. The van der Waals surface area contributed by atoms with Gasteiger partial charge >= 0.3 is 0 Å². The van der Waals surface area contributed by atoms with Crippen LogP contribution in [0.1, 0.15) is 41.3 Å². The molecule has 3 aromatic rings. The monoisotopic (exact) mass is 389 g/mol. The predicted octanol–water partition coefficient (Wildman–Crippen LogP) is 5.12. The first-order valence-electron chi connectivity index (χ1n) is 9.79. The quantitative estimate of drug-likeness (QED) is 0.561. The second-order valence-corrected chi connectivity index (χ2v) is 7.19. The molecular formula is C24H27N3O2. The standard InChI is InChI=1S/C24H27N3O2/c1-17(2)22-9-4-5-10-23(22)27-24(28)19-14-20(16-25-15-19)26-12-11-18-7-6-8-21(13-18)29-3/h4-10,13-17,26H,11-12H2,1-3H3,(H,27,28). The van der Waals surface area contributed by atoms with E-state index in [1.54, 1.807) is 19.5 Å². The van der Waals surface area contributed by atoms with Crippen LogP contribution in [-0.2, 0) is 6.42 Å². The van der Waals surface area contributed by atoms with E-state index in [1.807, 2.05) is 48.5 Å². The van der Waals surface area contributed by atoms with Crippen molar-refractivity contribution in [2.24, 2.45) is 0 Å². The van der Waals surface area contributed by atoms with Gasteiger partial charge in [-0.25, -0.2) is 0 Å². The number of aromatic nitrogens is 1. The number of hydrogen-bond donors (Lipinski definition) is 2. The van der Waals surface area contributed by atoms with E-state index in [-0.39, 0.29) is 5.91 Å². The molecule has 5 heteroatoms. The Hall–Kier alpha value is -3.34. The lowest BCUT2D eigenvalue weighted by Gasteiger charge is -2.14. The third kappa shape index (κ3) is 5.57. The summed E-state index contributed by atoms with van der Waals surface area (Å²) in [6, 6.07) is 17.7. The first-order chi connectivity index (χ1) is 14.1. The highest BCUT2D eigenvalue weighted by molar-refractivity contribution is 6.05. The van der Waals surface area contributed by atoms with Crippen molar-refractivity contribution in [3.05, 3.63) is 83.7 Å². The van der Waals surface area contributed by atoms with Gasteiger partial charge in [0.15, 0.2) is 0 Å². The molecule has 29 heavy (non-hydrogen) atoms. The molecule has 2 aromatic carbocycles. The smallest absolute Gasteiger partial charge is 0.257 e. The summed E-state index contributed by atoms with van der Waals surface area (Å²) in [5, 5.41) is 6.35. The summed E-state index contributed by atoms with van der Waals surface area (Å²) in [7, 11) is 1.67. The highest BCUT2D eigenvalue weighted by atomic mass is 16.5. The summed E-state index contributed by atoms with van der Waals surface area (Å²) >= 11 is 0. The molecule has 1 amide bonds. The fourth-order valence-corrected chi connectivity index (χ4v) is 3.15. The molecule has 3 rings (SSSR count). The van der Waals surface area contributed by atoms with Gasteiger partial charge in [0.05, 0.1) is 18.4 Å². The molecule has 0 atom stereocenters. The lowest BCUT2D eigenvalue weighted by atomic mass is 10.0. The van der Waals surface area contributed by atoms with Crippen LogP contribution in [0.4, 0.5) is 11.4 Å². The number of carbonyl (C=O) groups is 1. The third-order valence-electron chi connectivity index (χ3n) is 4.71. The summed E-state index contributed by atoms with van der Waals surface area (Å²) in [6.07, 6.45) is 4.15. The normalized spacial score (nSPS) is 10.6. The molecule has 0 aliphatic rings. The number of nitrogens with zero attached hydrogens (tertiary/aromatic N) is 1. The van der Waals surface area contributed by atoms with Crippen molar-refractivity contribution in [1.82, 2.24) is 4.98 Å². The number of para-hydroxylation sites is 1. The van der Waals surface area contributed by atoms with E-state index in [0.29, 0.717) is 11.5 Å². The summed E-state index contributed by atoms with van der Waals surface area (Å²) in [6.45, 7) is 4.95. The second-order valence-electron chi connectivity index (χ2n) is 7.19. The minimum atomic E-state index is -0.165. The average molecular weight is 389 g/mol. The Labute approximate surface area is 172 Å². The molecule has 0 aliphatic heterocycles. The highest BCUT2D eigenvalue weighted by Crippen LogP contribution is 2.24. The van der Waals surface area contributed by atoms with Crippen LogP contribution in [0.15, 0.2) is 67.0 Å². The van der Waals surface area contributed by atoms with Crippen molar-refractivity contribution in [3.63, 3.8) is 0 Å². The van der Waals surface area contributed by atoms with Crippen molar-refractivity contribution >= 4 is 17.3 Å². The second kappa shape index (κ2) is 9.73. The fourth-order valence-electron chi connectivity index (χ4n) is 3.15. The molecule has 150 valence electrons. The van der Waals surface area contributed by atoms with Gasteiger partial charge in [-0.15, -0.1) is 0 Å². The topological polar surface area (TPSA) is 63.2 Å². The van der Waals surface area contributed by atoms with Crippen LogP contribution in [0.3, 0.4) is 0 Å². The number of ether oxygens (including phenoxy) is 1. The summed E-state index contributed by atoms with van der Waals surface area (Å²) in [5.41, 5.74) is 4.47. The minimum absolute atomic E-state index is 0.165. The van der Waals surface area contributed by atoms with E-state index in [1.165, 1.54) is 5.56 Å². The molecule has 2 N–H and O–H groups in total. The first-order valence-corrected chi connectivity index (χ1v) is 9.79. The van der Waals surface area contributed by atoms with Gasteiger partial charge in [0.2, 0.25) is 0 Å². The predicted molar refractivity (Wildman–Crippen MR) is 118 cm³/mol. The first kappa shape index (κ1) is 20.4. The van der Waals surface area contributed by atoms with Crippen LogP contribution in [0.25, 0.3) is 0 Å². The Morgan fingerprint density at radius 2 is 1.90 bits per heavy atom. The van der Waals surface area contributed by atoms with Gasteiger partial charge in [0.1, 0.15) is 5.75 Å². The largest absolute Gasteiger partial charge is 0.497 e. The highest BCUT2D eigenvalue weighted by Gasteiger charge is 2.11. The van der Waals surface area contributed by atoms with Crippen molar-refractivity contribution in [3.8, 4) is 5.75 Å². The number of benzene rings is 2. The number of pyridine rings is 1. The number of anilines is 2. The zero-order valence-electron chi connectivity index (χ0n) is 17.1. The van der Waals surface area contributed by atoms with Crippen LogP contribution < -0.4 is 15.4 Å². The van der Waals surface area contributed by atoms with Crippen LogP contribution in [-0.4, -0.2) is 24.5 Å². The van der Waals surface area contributed by atoms with E-state index in [0.717, 1.165) is 35.7 Å². The van der Waals surface area contributed by atoms with Gasteiger partial charge in [-0.2, -0.15) is 0 Å². The number of carbonyl (C=O) groups excluding carboxylic acids is 1. The molecule has 0 fully saturated rings. The molecule has 0 aliphatic carbocycles. The van der Waals surface area contributed by atoms with Crippen molar-refractivity contribution in [2.45, 2.75) is 26.2 Å². The average Bonchev–Trinajstić information content (AvgIpc) is 2.74. The Morgan fingerprint density at radius 3 is 2.69 bits per heavy atom. The number of amides is 1. The molecule has 1 aromatic heterocycles. The van der Waals surface area contributed by atoms with E-state index < -0.39 is 0 Å². The van der Waals surface area contributed by atoms with Gasteiger partial charge in [0.25, 0.3) is 5.91 Å². The lowest BCUT2D eigenvalue weighted by Crippen LogP contribution is -2.14. The minimum Gasteiger partial charge on any atom is -0.497 e. The van der Waals surface area contributed by atoms with Gasteiger partial charge in [0, 0.05) is 24.6 Å². The zero-order valence-corrected chi connectivity index (χ0v) is 17.1. The Balaban J connectivity index is 1.62. The maximum Gasteiger partial charge on any atom is 0.257 e. The van der Waals surface area contributed by atoms with Gasteiger partial charge in [-0.1, -0.05) is 44.2 Å². The SMILES string of the molecule is COc1cccc(CCNc2cncc(C(=O)Nc3ccccc3C(C)C)c2)c1. The Bertz CT molecular complexity index is 970. The van der Waals surface area contributed by atoms with Crippen LogP contribution in [0.5, 0.6) is 5.75 Å². The lowest BCUT2D eigenvalue weighted by molar-refractivity contribution is 0.102. The molecule has 0 bridgehead atoms. The molecule has 0 saturated carbocycles. The van der Waals surface area contributed by atoms with Crippen molar-refractivity contribution < 1.29 is 9.53 Å². The maximum atomic E-state index is 12.7.